The van der Waals surface area contributed by atoms with Crippen LogP contribution in [0.5, 0.6) is 5.75 Å². The van der Waals surface area contributed by atoms with Crippen molar-refractivity contribution < 1.29 is 61.2 Å². The van der Waals surface area contributed by atoms with Gasteiger partial charge in [0, 0.05) is 38.6 Å². The molecule has 6 rings (SSSR count). The van der Waals surface area contributed by atoms with Crippen LogP contribution in [-0.2, 0) is 49.4 Å². The van der Waals surface area contributed by atoms with E-state index in [0.29, 0.717) is 22.6 Å². The zero-order valence-corrected chi connectivity index (χ0v) is 32.2. The Hall–Kier alpha value is -5.82. The Labute approximate surface area is 329 Å². The molecule has 2 saturated heterocycles. The molecule has 2 fully saturated rings. The first-order valence-corrected chi connectivity index (χ1v) is 18.9. The van der Waals surface area contributed by atoms with Crippen LogP contribution in [0.4, 0.5) is 14.6 Å². The molecule has 2 aromatic heterocycles. The van der Waals surface area contributed by atoms with Gasteiger partial charge in [0.15, 0.2) is 29.7 Å². The number of methoxy groups -OCH3 is 1. The van der Waals surface area contributed by atoms with Gasteiger partial charge in [0.1, 0.15) is 23.6 Å². The highest BCUT2D eigenvalue weighted by Gasteiger charge is 2.56. The number of hydrogen-bond acceptors (Lipinski definition) is 15. The second-order valence-electron chi connectivity index (χ2n) is 13.1. The number of hydrogen-bond donors (Lipinski definition) is 1. The first-order chi connectivity index (χ1) is 27.3. The Kier molecular flexibility index (Phi) is 12.6. The molecular formula is C38H39F2N5O11S. The molecule has 2 aliphatic heterocycles. The number of carbonyl (C=O) groups is 5. The van der Waals surface area contributed by atoms with Gasteiger partial charge in [-0.15, -0.1) is 16.9 Å². The third-order valence-electron chi connectivity index (χ3n) is 9.11. The highest BCUT2D eigenvalue weighted by Crippen LogP contribution is 2.40. The molecule has 0 radical (unpaired) electrons. The number of benzene rings is 2. The summed E-state index contributed by atoms with van der Waals surface area (Å²) < 4.78 is 63.4. The largest absolute Gasteiger partial charge is 0.467 e. The highest BCUT2D eigenvalue weighted by atomic mass is 32.2. The quantitative estimate of drug-likeness (QED) is 0.123. The van der Waals surface area contributed by atoms with Gasteiger partial charge in [0.25, 0.3) is 5.91 Å². The summed E-state index contributed by atoms with van der Waals surface area (Å²) in [7, 11) is 1.07. The SMILES string of the molecule is COC(=O)[C@H]1O[C@@H](Oc2cccc(CNC(=O)c3cnc4ccc(N5C[C@@H](F)C[C@@H]5c5cc(F)ccc5SC)nn34)c2)[C@H](OC(C)=O)[C@@H](OC(C)=O)[C@@H]1OC(C)=O. The van der Waals surface area contributed by atoms with Gasteiger partial charge in [-0.05, 0) is 59.8 Å². The Morgan fingerprint density at radius 3 is 2.37 bits per heavy atom. The average Bonchev–Trinajstić information content (AvgIpc) is 3.78. The number of esters is 4. The predicted octanol–water partition coefficient (Wildman–Crippen LogP) is 3.88. The predicted molar refractivity (Wildman–Crippen MR) is 196 cm³/mol. The molecule has 2 aromatic carbocycles. The third-order valence-corrected chi connectivity index (χ3v) is 9.93. The van der Waals surface area contributed by atoms with Gasteiger partial charge in [0.05, 0.1) is 25.9 Å². The molecule has 302 valence electrons. The fraction of sp³-hybridized carbons (Fsp3) is 0.395. The molecule has 0 spiro atoms. The van der Waals surface area contributed by atoms with Gasteiger partial charge < -0.3 is 38.6 Å². The summed E-state index contributed by atoms with van der Waals surface area (Å²) >= 11 is 1.44. The van der Waals surface area contributed by atoms with Crippen LogP contribution in [0.25, 0.3) is 5.65 Å². The van der Waals surface area contributed by atoms with Crippen molar-refractivity contribution in [3.8, 4) is 5.75 Å². The topological polar surface area (TPSA) is 186 Å². The number of amides is 1. The molecule has 7 atom stereocenters. The molecule has 1 N–H and O–H groups in total. The molecule has 57 heavy (non-hydrogen) atoms. The Morgan fingerprint density at radius 1 is 0.947 bits per heavy atom. The van der Waals surface area contributed by atoms with Gasteiger partial charge in [-0.25, -0.2) is 23.1 Å². The molecule has 0 aliphatic carbocycles. The maximum absolute atomic E-state index is 14.9. The minimum atomic E-state index is -1.65. The van der Waals surface area contributed by atoms with E-state index in [1.807, 2.05) is 6.26 Å². The minimum Gasteiger partial charge on any atom is -0.467 e. The molecule has 0 unspecified atom stereocenters. The number of ether oxygens (including phenoxy) is 6. The van der Waals surface area contributed by atoms with Crippen molar-refractivity contribution >= 4 is 53.0 Å². The van der Waals surface area contributed by atoms with Gasteiger partial charge in [-0.2, -0.15) is 0 Å². The summed E-state index contributed by atoms with van der Waals surface area (Å²) in [5.41, 5.74) is 1.64. The maximum Gasteiger partial charge on any atom is 0.339 e. The van der Waals surface area contributed by atoms with Crippen LogP contribution in [0.15, 0.2) is 65.7 Å². The van der Waals surface area contributed by atoms with Gasteiger partial charge >= 0.3 is 23.9 Å². The van der Waals surface area contributed by atoms with Crippen LogP contribution >= 0.6 is 11.8 Å². The molecule has 4 aromatic rings. The van der Waals surface area contributed by atoms with E-state index in [2.05, 4.69) is 15.4 Å². The molecule has 0 saturated carbocycles. The lowest BCUT2D eigenvalue weighted by molar-refractivity contribution is -0.282. The van der Waals surface area contributed by atoms with Crippen molar-refractivity contribution in [2.24, 2.45) is 0 Å². The van der Waals surface area contributed by atoms with Crippen molar-refractivity contribution in [3.63, 3.8) is 0 Å². The summed E-state index contributed by atoms with van der Waals surface area (Å²) in [4.78, 5) is 69.5. The number of alkyl halides is 1. The number of aromatic nitrogens is 3. The van der Waals surface area contributed by atoms with E-state index in [4.69, 9.17) is 28.4 Å². The lowest BCUT2D eigenvalue weighted by atomic mass is 9.97. The Balaban J connectivity index is 1.20. The van der Waals surface area contributed by atoms with E-state index in [9.17, 15) is 32.8 Å². The fourth-order valence-electron chi connectivity index (χ4n) is 6.78. The van der Waals surface area contributed by atoms with E-state index < -0.39 is 78.5 Å². The number of thioether (sulfide) groups is 1. The average molecular weight is 812 g/mol. The van der Waals surface area contributed by atoms with Crippen LogP contribution in [0.2, 0.25) is 0 Å². The summed E-state index contributed by atoms with van der Waals surface area (Å²) in [6, 6.07) is 13.7. The summed E-state index contributed by atoms with van der Waals surface area (Å²) in [6.45, 7) is 3.24. The number of anilines is 1. The number of imidazole rings is 1. The number of rotatable bonds is 12. The lowest BCUT2D eigenvalue weighted by Gasteiger charge is -2.43. The highest BCUT2D eigenvalue weighted by molar-refractivity contribution is 7.98. The van der Waals surface area contributed by atoms with E-state index in [1.165, 1.54) is 40.7 Å². The Morgan fingerprint density at radius 2 is 1.67 bits per heavy atom. The normalized spacial score (nSPS) is 23.1. The first kappa shape index (κ1) is 40.8. The standard InChI is InChI=1S/C38H39F2N5O11S/c1-19(46)52-32-33(53-20(2)47)35(54-21(3)48)38(56-34(32)37(50)51-4)55-25-8-6-7-22(13-25)16-42-36(49)28-17-41-30-11-12-31(43-45(28)30)44-18-24(40)15-27(44)26-14-23(39)9-10-29(26)57-5/h6-14,17,24,27,32-35,38H,15-16,18H2,1-5H3,(H,42,49)/t24-,27+,32-,33-,34-,35+,38+/m0/s1. The number of halogens is 2. The van der Waals surface area contributed by atoms with E-state index >= 15 is 0 Å². The van der Waals surface area contributed by atoms with Crippen LogP contribution in [-0.4, -0.2) is 101 Å². The number of fused-ring (bicyclic) bond motifs is 1. The maximum atomic E-state index is 14.9. The van der Waals surface area contributed by atoms with Crippen LogP contribution in [0.1, 0.15) is 54.8 Å². The lowest BCUT2D eigenvalue weighted by Crippen LogP contribution is -2.64. The molecule has 0 bridgehead atoms. The third kappa shape index (κ3) is 9.26. The number of nitrogens with zero attached hydrogens (tertiary/aromatic N) is 4. The van der Waals surface area contributed by atoms with E-state index in [-0.39, 0.29) is 31.0 Å². The van der Waals surface area contributed by atoms with Gasteiger partial charge in [-0.3, -0.25) is 19.2 Å². The molecule has 16 nitrogen and oxygen atoms in total. The van der Waals surface area contributed by atoms with Crippen molar-refractivity contribution in [3.05, 3.63) is 83.4 Å². The Bertz CT molecular complexity index is 2170. The van der Waals surface area contributed by atoms with Crippen molar-refractivity contribution in [2.75, 3.05) is 24.8 Å². The zero-order valence-electron chi connectivity index (χ0n) is 31.4. The van der Waals surface area contributed by atoms with E-state index in [1.54, 1.807) is 41.3 Å². The number of carbonyl (C=O) groups excluding carboxylic acids is 5. The van der Waals surface area contributed by atoms with Gasteiger partial charge in [0.2, 0.25) is 12.4 Å². The minimum absolute atomic E-state index is 0.0218. The summed E-state index contributed by atoms with van der Waals surface area (Å²) in [5, 5.41) is 7.46. The zero-order chi connectivity index (χ0) is 41.0. The molecule has 19 heteroatoms. The summed E-state index contributed by atoms with van der Waals surface area (Å²) in [5.74, 6) is -3.94. The number of nitrogens with one attached hydrogen (secondary N) is 1. The second kappa shape index (κ2) is 17.5. The molecule has 2 aliphatic rings. The van der Waals surface area contributed by atoms with Gasteiger partial charge in [-0.1, -0.05) is 12.1 Å². The second-order valence-corrected chi connectivity index (χ2v) is 14.0. The molecular weight excluding hydrogens is 773 g/mol. The van der Waals surface area contributed by atoms with Crippen LogP contribution < -0.4 is 15.0 Å². The molecule has 4 heterocycles. The summed E-state index contributed by atoms with van der Waals surface area (Å²) in [6.07, 6.45) is -5.66. The first-order valence-electron chi connectivity index (χ1n) is 17.6. The molecule has 1 amide bonds. The van der Waals surface area contributed by atoms with Crippen LogP contribution in [0, 0.1) is 5.82 Å². The van der Waals surface area contributed by atoms with Crippen molar-refractivity contribution in [1.82, 2.24) is 19.9 Å². The van der Waals surface area contributed by atoms with Crippen molar-refractivity contribution in [1.29, 1.82) is 0 Å². The monoisotopic (exact) mass is 811 g/mol. The van der Waals surface area contributed by atoms with Crippen molar-refractivity contribution in [2.45, 2.75) is 81.6 Å². The van der Waals surface area contributed by atoms with E-state index in [0.717, 1.165) is 32.8 Å². The van der Waals surface area contributed by atoms with Crippen LogP contribution in [0.3, 0.4) is 0 Å². The smallest absolute Gasteiger partial charge is 0.339 e. The fourth-order valence-corrected chi connectivity index (χ4v) is 7.42.